The lowest BCUT2D eigenvalue weighted by Crippen LogP contribution is -2.17. The van der Waals surface area contributed by atoms with Gasteiger partial charge < -0.3 is 5.73 Å². The second-order valence-corrected chi connectivity index (χ2v) is 5.64. The maximum Gasteiger partial charge on any atom is 0.00747 e. The lowest BCUT2D eigenvalue weighted by Gasteiger charge is -2.07. The molecule has 2 N–H and O–H groups in total. The molecule has 0 aliphatic heterocycles. The van der Waals surface area contributed by atoms with E-state index in [0.717, 1.165) is 6.42 Å². The zero-order valence-electron chi connectivity index (χ0n) is 9.16. The number of hydrogen-bond acceptors (Lipinski definition) is 2. The van der Waals surface area contributed by atoms with Crippen LogP contribution in [-0.4, -0.2) is 11.3 Å². The molecule has 1 atom stereocenters. The Morgan fingerprint density at radius 1 is 1.14 bits per heavy atom. The predicted octanol–water partition coefficient (Wildman–Crippen LogP) is 3.08. The molecule has 78 valence electrons. The molecule has 1 nitrogen and oxygen atoms in total. The van der Waals surface area contributed by atoms with Crippen LogP contribution in [0.4, 0.5) is 0 Å². The first kappa shape index (κ1) is 11.6. The fourth-order valence-electron chi connectivity index (χ4n) is 1.35. The van der Waals surface area contributed by atoms with Gasteiger partial charge in [0.1, 0.15) is 0 Å². The van der Waals surface area contributed by atoms with E-state index in [1.807, 2.05) is 18.7 Å². The molecule has 0 heterocycles. The molecule has 14 heavy (non-hydrogen) atoms. The van der Waals surface area contributed by atoms with Crippen molar-refractivity contribution in [2.24, 2.45) is 5.73 Å². The van der Waals surface area contributed by atoms with Crippen LogP contribution < -0.4 is 5.73 Å². The molecule has 0 bridgehead atoms. The summed E-state index contributed by atoms with van der Waals surface area (Å²) < 4.78 is 0. The number of nitrogens with two attached hydrogens (primary N) is 1. The van der Waals surface area contributed by atoms with E-state index in [2.05, 4.69) is 38.1 Å². The van der Waals surface area contributed by atoms with E-state index >= 15 is 0 Å². The van der Waals surface area contributed by atoms with E-state index in [4.69, 9.17) is 5.73 Å². The molecule has 0 spiro atoms. The van der Waals surface area contributed by atoms with Crippen LogP contribution in [0.5, 0.6) is 0 Å². The molecular formula is C12H19NS. The SMILES string of the molecule is CC(N)Cc1ccc(SC(C)C)cc1. The fraction of sp³-hybridized carbons (Fsp3) is 0.500. The molecule has 0 radical (unpaired) electrons. The van der Waals surface area contributed by atoms with E-state index in [9.17, 15) is 0 Å². The van der Waals surface area contributed by atoms with Crippen molar-refractivity contribution in [1.29, 1.82) is 0 Å². The van der Waals surface area contributed by atoms with Gasteiger partial charge in [0.15, 0.2) is 0 Å². The molecule has 0 amide bonds. The monoisotopic (exact) mass is 209 g/mol. The van der Waals surface area contributed by atoms with Gasteiger partial charge in [0, 0.05) is 16.2 Å². The second-order valence-electron chi connectivity index (χ2n) is 3.99. The van der Waals surface area contributed by atoms with Crippen LogP contribution in [0.15, 0.2) is 29.2 Å². The summed E-state index contributed by atoms with van der Waals surface area (Å²) in [5.74, 6) is 0. The standard InChI is InChI=1S/C12H19NS/c1-9(2)14-12-6-4-11(5-7-12)8-10(3)13/h4-7,9-10H,8,13H2,1-3H3. The van der Waals surface area contributed by atoms with Crippen molar-refractivity contribution >= 4 is 11.8 Å². The summed E-state index contributed by atoms with van der Waals surface area (Å²) in [6.45, 7) is 6.46. The highest BCUT2D eigenvalue weighted by molar-refractivity contribution is 7.99. The molecule has 0 aliphatic rings. The van der Waals surface area contributed by atoms with Crippen LogP contribution in [0.25, 0.3) is 0 Å². The summed E-state index contributed by atoms with van der Waals surface area (Å²) >= 11 is 1.89. The van der Waals surface area contributed by atoms with Crippen molar-refractivity contribution in [2.75, 3.05) is 0 Å². The van der Waals surface area contributed by atoms with Gasteiger partial charge >= 0.3 is 0 Å². The predicted molar refractivity (Wildman–Crippen MR) is 64.8 cm³/mol. The molecule has 1 rings (SSSR count). The molecule has 0 aliphatic carbocycles. The van der Waals surface area contributed by atoms with Gasteiger partial charge in [0.25, 0.3) is 0 Å². The van der Waals surface area contributed by atoms with Crippen LogP contribution in [0.2, 0.25) is 0 Å². The second kappa shape index (κ2) is 5.42. The Morgan fingerprint density at radius 3 is 2.14 bits per heavy atom. The minimum Gasteiger partial charge on any atom is -0.328 e. The fourth-order valence-corrected chi connectivity index (χ4v) is 2.19. The Hall–Kier alpha value is -0.470. The summed E-state index contributed by atoms with van der Waals surface area (Å²) in [5.41, 5.74) is 7.06. The van der Waals surface area contributed by atoms with Gasteiger partial charge in [-0.05, 0) is 31.0 Å². The van der Waals surface area contributed by atoms with Crippen LogP contribution in [0.1, 0.15) is 26.3 Å². The average Bonchev–Trinajstić information content (AvgIpc) is 2.06. The van der Waals surface area contributed by atoms with Crippen LogP contribution in [0, 0.1) is 0 Å². The zero-order valence-corrected chi connectivity index (χ0v) is 9.97. The van der Waals surface area contributed by atoms with Crippen molar-refractivity contribution in [3.05, 3.63) is 29.8 Å². The first-order valence-electron chi connectivity index (χ1n) is 5.09. The van der Waals surface area contributed by atoms with Crippen LogP contribution in [0.3, 0.4) is 0 Å². The lowest BCUT2D eigenvalue weighted by molar-refractivity contribution is 0.737. The smallest absolute Gasteiger partial charge is 0.00747 e. The molecule has 1 unspecified atom stereocenters. The Balaban J connectivity index is 2.59. The highest BCUT2D eigenvalue weighted by Crippen LogP contribution is 2.22. The maximum absolute atomic E-state index is 5.74. The zero-order chi connectivity index (χ0) is 10.6. The highest BCUT2D eigenvalue weighted by atomic mass is 32.2. The molecule has 1 aromatic carbocycles. The third-order valence-electron chi connectivity index (χ3n) is 1.85. The van der Waals surface area contributed by atoms with Crippen molar-refractivity contribution in [2.45, 2.75) is 43.4 Å². The van der Waals surface area contributed by atoms with Gasteiger partial charge in [0.05, 0.1) is 0 Å². The Bertz CT molecular complexity index is 235. The quantitative estimate of drug-likeness (QED) is 0.771. The first-order chi connectivity index (χ1) is 6.58. The third-order valence-corrected chi connectivity index (χ3v) is 2.87. The van der Waals surface area contributed by atoms with E-state index in [0.29, 0.717) is 5.25 Å². The number of benzene rings is 1. The molecule has 2 heteroatoms. The molecular weight excluding hydrogens is 190 g/mol. The molecule has 1 aromatic rings. The van der Waals surface area contributed by atoms with Crippen molar-refractivity contribution in [3.8, 4) is 0 Å². The van der Waals surface area contributed by atoms with E-state index in [1.165, 1.54) is 10.5 Å². The minimum absolute atomic E-state index is 0.249. The van der Waals surface area contributed by atoms with Gasteiger partial charge in [-0.25, -0.2) is 0 Å². The summed E-state index contributed by atoms with van der Waals surface area (Å²) in [5, 5.41) is 0.647. The summed E-state index contributed by atoms with van der Waals surface area (Å²) in [6.07, 6.45) is 0.965. The van der Waals surface area contributed by atoms with E-state index < -0.39 is 0 Å². The van der Waals surface area contributed by atoms with Crippen molar-refractivity contribution in [1.82, 2.24) is 0 Å². The number of hydrogen-bond donors (Lipinski definition) is 1. The minimum atomic E-state index is 0.249. The lowest BCUT2D eigenvalue weighted by atomic mass is 10.1. The van der Waals surface area contributed by atoms with Crippen LogP contribution >= 0.6 is 11.8 Å². The number of rotatable bonds is 4. The largest absolute Gasteiger partial charge is 0.328 e. The van der Waals surface area contributed by atoms with E-state index in [-0.39, 0.29) is 6.04 Å². The molecule has 0 fully saturated rings. The van der Waals surface area contributed by atoms with Crippen molar-refractivity contribution in [3.63, 3.8) is 0 Å². The van der Waals surface area contributed by atoms with Gasteiger partial charge in [-0.2, -0.15) is 0 Å². The Morgan fingerprint density at radius 2 is 1.71 bits per heavy atom. The third kappa shape index (κ3) is 4.16. The van der Waals surface area contributed by atoms with Crippen molar-refractivity contribution < 1.29 is 0 Å². The Labute approximate surface area is 91.1 Å². The topological polar surface area (TPSA) is 26.0 Å². The summed E-state index contributed by atoms with van der Waals surface area (Å²) in [4.78, 5) is 1.34. The Kier molecular flexibility index (Phi) is 4.49. The molecule has 0 aromatic heterocycles. The summed E-state index contributed by atoms with van der Waals surface area (Å²) in [7, 11) is 0. The first-order valence-corrected chi connectivity index (χ1v) is 5.97. The molecule has 0 saturated heterocycles. The van der Waals surface area contributed by atoms with E-state index in [1.54, 1.807) is 0 Å². The maximum atomic E-state index is 5.74. The van der Waals surface area contributed by atoms with Crippen LogP contribution in [-0.2, 0) is 6.42 Å². The number of thioether (sulfide) groups is 1. The molecule has 0 saturated carbocycles. The normalized spacial score (nSPS) is 13.2. The van der Waals surface area contributed by atoms with Gasteiger partial charge in [0.2, 0.25) is 0 Å². The van der Waals surface area contributed by atoms with Gasteiger partial charge in [-0.15, -0.1) is 11.8 Å². The average molecular weight is 209 g/mol. The van der Waals surface area contributed by atoms with Gasteiger partial charge in [-0.1, -0.05) is 26.0 Å². The summed E-state index contributed by atoms with van der Waals surface area (Å²) in [6, 6.07) is 8.96. The highest BCUT2D eigenvalue weighted by Gasteiger charge is 2.00. The van der Waals surface area contributed by atoms with Gasteiger partial charge in [-0.3, -0.25) is 0 Å².